The molecular formula is C39H60O5. The summed E-state index contributed by atoms with van der Waals surface area (Å²) in [7, 11) is 0. The SMILES string of the molecule is CC(C)/C(C[C@@H](O)[C@@H](C)[C@H]1CC[C@@]2(O)C3=CC(=O)[C@@H]4C[C@@H](O)[C@@H](O)[C@H]5CC[C@H](C[C@]12C)[C@@H]3[C@@]54C)=C1\CCCC2(CCCC2)C1. The number of fused-ring (bicyclic) bond motifs is 2. The van der Waals surface area contributed by atoms with E-state index in [1.807, 2.05) is 0 Å². The minimum Gasteiger partial charge on any atom is -0.393 e. The third-order valence-electron chi connectivity index (χ3n) is 15.8. The van der Waals surface area contributed by atoms with Crippen molar-refractivity contribution in [1.82, 2.24) is 0 Å². The van der Waals surface area contributed by atoms with Crippen LogP contribution in [0.3, 0.4) is 0 Å². The quantitative estimate of drug-likeness (QED) is 0.254. The molecule has 7 aliphatic carbocycles. The first-order valence-electron chi connectivity index (χ1n) is 18.5. The molecule has 0 aromatic heterocycles. The first-order chi connectivity index (χ1) is 20.8. The Kier molecular flexibility index (Phi) is 7.72. The predicted molar refractivity (Wildman–Crippen MR) is 172 cm³/mol. The van der Waals surface area contributed by atoms with Crippen LogP contribution in [-0.2, 0) is 4.79 Å². The van der Waals surface area contributed by atoms with E-state index in [4.69, 9.17) is 0 Å². The lowest BCUT2D eigenvalue weighted by molar-refractivity contribution is -0.204. The van der Waals surface area contributed by atoms with Crippen LogP contribution in [0.15, 0.2) is 22.8 Å². The highest BCUT2D eigenvalue weighted by Crippen LogP contribution is 2.73. The fraction of sp³-hybridized carbons (Fsp3) is 0.872. The summed E-state index contributed by atoms with van der Waals surface area (Å²) in [5.74, 6) is 0.679. The zero-order valence-corrected chi connectivity index (χ0v) is 28.2. The molecule has 5 heteroatoms. The summed E-state index contributed by atoms with van der Waals surface area (Å²) in [4.78, 5) is 13.8. The lowest BCUT2D eigenvalue weighted by atomic mass is 9.38. The van der Waals surface area contributed by atoms with Gasteiger partial charge < -0.3 is 20.4 Å². The number of allylic oxidation sites excluding steroid dienone is 2. The summed E-state index contributed by atoms with van der Waals surface area (Å²) in [5, 5.41) is 46.6. The molecule has 0 radical (unpaired) electrons. The van der Waals surface area contributed by atoms with Crippen molar-refractivity contribution in [1.29, 1.82) is 0 Å². The van der Waals surface area contributed by atoms with Gasteiger partial charge in [-0.25, -0.2) is 0 Å². The Hall–Kier alpha value is -1.01. The number of rotatable bonds is 5. The largest absolute Gasteiger partial charge is 0.393 e. The van der Waals surface area contributed by atoms with Crippen LogP contribution in [0.2, 0.25) is 0 Å². The molecule has 44 heavy (non-hydrogen) atoms. The Bertz CT molecular complexity index is 1230. The van der Waals surface area contributed by atoms with E-state index in [9.17, 15) is 25.2 Å². The Morgan fingerprint density at radius 2 is 1.70 bits per heavy atom. The number of hydrogen-bond acceptors (Lipinski definition) is 5. The van der Waals surface area contributed by atoms with Crippen LogP contribution < -0.4 is 0 Å². The van der Waals surface area contributed by atoms with Gasteiger partial charge in [0.15, 0.2) is 5.78 Å². The second kappa shape index (κ2) is 10.8. The zero-order chi connectivity index (χ0) is 31.4. The molecule has 0 amide bonds. The second-order valence-corrected chi connectivity index (χ2v) is 17.9. The van der Waals surface area contributed by atoms with Gasteiger partial charge in [-0.3, -0.25) is 4.79 Å². The fourth-order valence-corrected chi connectivity index (χ4v) is 13.5. The number of ketones is 1. The number of carbonyl (C=O) groups excluding carboxylic acids is 1. The van der Waals surface area contributed by atoms with Crippen molar-refractivity contribution in [2.24, 2.45) is 57.7 Å². The second-order valence-electron chi connectivity index (χ2n) is 17.9. The molecule has 0 aliphatic heterocycles. The number of carbonyl (C=O) groups is 1. The van der Waals surface area contributed by atoms with Crippen LogP contribution in [0.25, 0.3) is 0 Å². The monoisotopic (exact) mass is 608 g/mol. The van der Waals surface area contributed by atoms with Gasteiger partial charge in [0, 0.05) is 11.3 Å². The Morgan fingerprint density at radius 1 is 1.00 bits per heavy atom. The van der Waals surface area contributed by atoms with E-state index in [1.54, 1.807) is 11.6 Å². The van der Waals surface area contributed by atoms with Crippen molar-refractivity contribution in [3.05, 3.63) is 22.8 Å². The van der Waals surface area contributed by atoms with E-state index < -0.39 is 34.7 Å². The van der Waals surface area contributed by atoms with Gasteiger partial charge in [-0.2, -0.15) is 0 Å². The van der Waals surface area contributed by atoms with Gasteiger partial charge in [0.1, 0.15) is 0 Å². The summed E-state index contributed by atoms with van der Waals surface area (Å²) in [6.07, 6.45) is 15.5. The molecule has 1 spiro atoms. The summed E-state index contributed by atoms with van der Waals surface area (Å²) in [6, 6.07) is 0. The lowest BCUT2D eigenvalue weighted by Gasteiger charge is -2.67. The van der Waals surface area contributed by atoms with E-state index in [-0.39, 0.29) is 35.4 Å². The molecule has 0 aromatic rings. The van der Waals surface area contributed by atoms with Crippen molar-refractivity contribution in [3.8, 4) is 0 Å². The van der Waals surface area contributed by atoms with Crippen molar-refractivity contribution in [2.45, 2.75) is 155 Å². The van der Waals surface area contributed by atoms with Crippen molar-refractivity contribution in [3.63, 3.8) is 0 Å². The normalized spacial score (nSPS) is 48.5. The molecule has 12 atom stereocenters. The van der Waals surface area contributed by atoms with Crippen LogP contribution in [0.1, 0.15) is 131 Å². The first kappa shape index (κ1) is 31.6. The third kappa shape index (κ3) is 4.33. The average molecular weight is 609 g/mol. The molecule has 246 valence electrons. The Labute approximate surface area is 266 Å². The molecule has 5 nitrogen and oxygen atoms in total. The van der Waals surface area contributed by atoms with Crippen LogP contribution in [0.4, 0.5) is 0 Å². The lowest BCUT2D eigenvalue weighted by Crippen LogP contribution is -2.68. The highest BCUT2D eigenvalue weighted by molar-refractivity contribution is 5.95. The summed E-state index contributed by atoms with van der Waals surface area (Å²) in [5.41, 5.74) is 2.66. The van der Waals surface area contributed by atoms with Crippen molar-refractivity contribution >= 4 is 5.78 Å². The van der Waals surface area contributed by atoms with E-state index >= 15 is 0 Å². The Balaban J connectivity index is 1.17. The minimum atomic E-state index is -1.07. The Morgan fingerprint density at radius 3 is 2.41 bits per heavy atom. The fourth-order valence-electron chi connectivity index (χ4n) is 13.5. The van der Waals surface area contributed by atoms with E-state index in [1.165, 1.54) is 56.9 Å². The van der Waals surface area contributed by atoms with E-state index in [0.717, 1.165) is 37.7 Å². The number of hydrogen-bond donors (Lipinski definition) is 4. The van der Waals surface area contributed by atoms with Gasteiger partial charge in [0.25, 0.3) is 0 Å². The number of aliphatic hydroxyl groups is 4. The van der Waals surface area contributed by atoms with Gasteiger partial charge in [0.2, 0.25) is 0 Å². The van der Waals surface area contributed by atoms with E-state index in [2.05, 4.69) is 34.6 Å². The topological polar surface area (TPSA) is 98.0 Å². The minimum absolute atomic E-state index is 0.0327. The smallest absolute Gasteiger partial charge is 0.159 e. The van der Waals surface area contributed by atoms with Crippen molar-refractivity contribution < 1.29 is 25.2 Å². The molecule has 7 aliphatic rings. The first-order valence-corrected chi connectivity index (χ1v) is 18.5. The molecule has 6 saturated carbocycles. The highest BCUT2D eigenvalue weighted by Gasteiger charge is 2.72. The summed E-state index contributed by atoms with van der Waals surface area (Å²) >= 11 is 0. The van der Waals surface area contributed by atoms with Gasteiger partial charge in [-0.1, -0.05) is 58.6 Å². The van der Waals surface area contributed by atoms with Gasteiger partial charge in [0.05, 0.1) is 23.9 Å². The van der Waals surface area contributed by atoms with Crippen LogP contribution in [0, 0.1) is 57.7 Å². The maximum atomic E-state index is 13.8. The molecule has 0 bridgehead atoms. The third-order valence-corrected chi connectivity index (χ3v) is 15.8. The molecule has 0 aromatic carbocycles. The maximum absolute atomic E-state index is 13.8. The van der Waals surface area contributed by atoms with Crippen molar-refractivity contribution in [2.75, 3.05) is 0 Å². The molecule has 0 unspecified atom stereocenters. The van der Waals surface area contributed by atoms with Gasteiger partial charge >= 0.3 is 0 Å². The average Bonchev–Trinajstić information content (AvgIpc) is 3.53. The van der Waals surface area contributed by atoms with Crippen LogP contribution in [0.5, 0.6) is 0 Å². The molecular weight excluding hydrogens is 548 g/mol. The molecule has 0 heterocycles. The molecule has 6 fully saturated rings. The van der Waals surface area contributed by atoms with Crippen LogP contribution >= 0.6 is 0 Å². The molecule has 0 saturated heterocycles. The van der Waals surface area contributed by atoms with E-state index in [0.29, 0.717) is 30.1 Å². The molecule has 7 rings (SSSR count). The highest BCUT2D eigenvalue weighted by atomic mass is 16.3. The van der Waals surface area contributed by atoms with Gasteiger partial charge in [-0.05, 0) is 141 Å². The predicted octanol–water partition coefficient (Wildman–Crippen LogP) is 6.91. The summed E-state index contributed by atoms with van der Waals surface area (Å²) < 4.78 is 0. The molecule has 4 N–H and O–H groups in total. The number of aliphatic hydroxyl groups excluding tert-OH is 3. The standard InChI is InChI=1S/C39H60O5/c1-22(2)26(24-9-8-15-38(21-24)13-6-7-14-38)17-31(40)23(3)27-12-16-39(44)30-19-32(41)29-18-33(42)35(43)28-11-10-25(20-36(27,39)4)34(30)37(28,29)5/h19,22-23,25,27-29,31,33-35,40,42-44H,6-18,20-21H2,1-5H3/b26-24+/t23-,25+,27+,28+,29-,31+,33+,34-,35-,36+,37-,39+/m0/s1. The zero-order valence-electron chi connectivity index (χ0n) is 28.2. The maximum Gasteiger partial charge on any atom is 0.159 e. The van der Waals surface area contributed by atoms with Gasteiger partial charge in [-0.15, -0.1) is 0 Å². The van der Waals surface area contributed by atoms with Crippen LogP contribution in [-0.4, -0.2) is 50.1 Å². The summed E-state index contributed by atoms with van der Waals surface area (Å²) in [6.45, 7) is 11.3.